The molecule has 110 valence electrons. The minimum atomic E-state index is -1.01. The Balaban J connectivity index is 2.07. The normalized spacial score (nSPS) is 13.8. The van der Waals surface area contributed by atoms with Gasteiger partial charge in [0.05, 0.1) is 17.7 Å². The molecule has 2 aromatic rings. The van der Waals surface area contributed by atoms with E-state index in [1.165, 1.54) is 11.3 Å². The molecule has 1 aliphatic rings. The molecule has 1 N–H and O–H groups in total. The zero-order chi connectivity index (χ0) is 15.0. The average Bonchev–Trinajstić information content (AvgIpc) is 2.68. The van der Waals surface area contributed by atoms with Gasteiger partial charge in [0, 0.05) is 16.9 Å². The summed E-state index contributed by atoms with van der Waals surface area (Å²) in [5, 5.41) is 9.75. The Morgan fingerprint density at radius 3 is 2.86 bits per heavy atom. The van der Waals surface area contributed by atoms with Gasteiger partial charge in [-0.05, 0) is 35.0 Å². The van der Waals surface area contributed by atoms with E-state index in [0.717, 1.165) is 16.5 Å². The van der Waals surface area contributed by atoms with Crippen LogP contribution in [0, 0.1) is 6.92 Å². The van der Waals surface area contributed by atoms with Crippen molar-refractivity contribution in [2.24, 2.45) is 0 Å². The van der Waals surface area contributed by atoms with Crippen molar-refractivity contribution >= 4 is 33.2 Å². The summed E-state index contributed by atoms with van der Waals surface area (Å²) in [4.78, 5) is 16.0. The molecule has 0 spiro atoms. The van der Waals surface area contributed by atoms with Crippen LogP contribution < -0.4 is 9.47 Å². The van der Waals surface area contributed by atoms with Gasteiger partial charge in [-0.25, -0.2) is 9.78 Å². The number of rotatable bonds is 2. The summed E-state index contributed by atoms with van der Waals surface area (Å²) >= 11 is 4.83. The summed E-state index contributed by atoms with van der Waals surface area (Å²) in [6.45, 7) is 2.97. The number of aromatic nitrogens is 1. The zero-order valence-electron chi connectivity index (χ0n) is 11.2. The molecule has 1 aromatic carbocycles. The molecule has 0 radical (unpaired) electrons. The largest absolute Gasteiger partial charge is 0.489 e. The summed E-state index contributed by atoms with van der Waals surface area (Å²) in [6.07, 6.45) is 0.829. The third-order valence-electron chi connectivity index (χ3n) is 3.05. The third-order valence-corrected chi connectivity index (χ3v) is 4.66. The highest BCUT2D eigenvalue weighted by Gasteiger charge is 2.19. The predicted molar refractivity (Wildman–Crippen MR) is 82.6 cm³/mol. The minimum absolute atomic E-state index is 0.0956. The molecule has 0 amide bonds. The number of carboxylic acids is 1. The Labute approximate surface area is 133 Å². The Morgan fingerprint density at radius 1 is 1.38 bits per heavy atom. The maximum Gasteiger partial charge on any atom is 0.355 e. The van der Waals surface area contributed by atoms with Gasteiger partial charge in [-0.1, -0.05) is 0 Å². The van der Waals surface area contributed by atoms with Crippen molar-refractivity contribution in [3.05, 3.63) is 27.2 Å². The molecule has 5 nitrogen and oxygen atoms in total. The molecule has 1 aliphatic heterocycles. The maximum atomic E-state index is 11.1. The standard InChI is InChI=1S/C14H12BrNO4S/c1-7-11(14(17)18)16-13(21-7)8-5-9(15)12-10(6-8)19-3-2-4-20-12/h5-6H,2-4H2,1H3,(H,17,18). The lowest BCUT2D eigenvalue weighted by atomic mass is 10.2. The van der Waals surface area contributed by atoms with Crippen molar-refractivity contribution in [1.29, 1.82) is 0 Å². The number of carbonyl (C=O) groups is 1. The van der Waals surface area contributed by atoms with Crippen LogP contribution in [0.3, 0.4) is 0 Å². The zero-order valence-corrected chi connectivity index (χ0v) is 13.6. The topological polar surface area (TPSA) is 68.7 Å². The summed E-state index contributed by atoms with van der Waals surface area (Å²) in [7, 11) is 0. The van der Waals surface area contributed by atoms with Gasteiger partial charge >= 0.3 is 5.97 Å². The highest BCUT2D eigenvalue weighted by Crippen LogP contribution is 2.41. The van der Waals surface area contributed by atoms with Gasteiger partial charge in [0.15, 0.2) is 17.2 Å². The summed E-state index contributed by atoms with van der Waals surface area (Å²) in [6, 6.07) is 3.72. The van der Waals surface area contributed by atoms with E-state index < -0.39 is 5.97 Å². The highest BCUT2D eigenvalue weighted by molar-refractivity contribution is 9.10. The molecule has 21 heavy (non-hydrogen) atoms. The molecular weight excluding hydrogens is 358 g/mol. The number of halogens is 1. The van der Waals surface area contributed by atoms with Crippen LogP contribution in [-0.2, 0) is 0 Å². The summed E-state index contributed by atoms with van der Waals surface area (Å²) < 4.78 is 12.1. The van der Waals surface area contributed by atoms with Gasteiger partial charge in [-0.2, -0.15) is 0 Å². The number of ether oxygens (including phenoxy) is 2. The number of hydrogen-bond acceptors (Lipinski definition) is 5. The predicted octanol–water partition coefficient (Wildman–Crippen LogP) is 3.74. The van der Waals surface area contributed by atoms with E-state index in [-0.39, 0.29) is 5.69 Å². The summed E-state index contributed by atoms with van der Waals surface area (Å²) in [5.74, 6) is 0.327. The highest BCUT2D eigenvalue weighted by atomic mass is 79.9. The maximum absolute atomic E-state index is 11.1. The molecule has 7 heteroatoms. The van der Waals surface area contributed by atoms with E-state index in [1.807, 2.05) is 12.1 Å². The van der Waals surface area contributed by atoms with Gasteiger partial charge in [0.25, 0.3) is 0 Å². The Morgan fingerprint density at radius 2 is 2.14 bits per heavy atom. The fourth-order valence-corrected chi connectivity index (χ4v) is 3.52. The van der Waals surface area contributed by atoms with E-state index >= 15 is 0 Å². The quantitative estimate of drug-likeness (QED) is 0.872. The Kier molecular flexibility index (Phi) is 3.86. The van der Waals surface area contributed by atoms with Crippen molar-refractivity contribution < 1.29 is 19.4 Å². The lowest BCUT2D eigenvalue weighted by Gasteiger charge is -2.10. The van der Waals surface area contributed by atoms with Crippen molar-refractivity contribution in [1.82, 2.24) is 4.98 Å². The van der Waals surface area contributed by atoms with Gasteiger partial charge < -0.3 is 14.6 Å². The smallest absolute Gasteiger partial charge is 0.355 e. The molecule has 0 fully saturated rings. The number of benzene rings is 1. The van der Waals surface area contributed by atoms with Crippen LogP contribution in [0.4, 0.5) is 0 Å². The molecule has 0 unspecified atom stereocenters. The first-order valence-corrected chi connectivity index (χ1v) is 7.97. The Bertz CT molecular complexity index is 713. The fourth-order valence-electron chi connectivity index (χ4n) is 2.07. The van der Waals surface area contributed by atoms with Crippen molar-refractivity contribution in [2.45, 2.75) is 13.3 Å². The van der Waals surface area contributed by atoms with Gasteiger partial charge in [-0.3, -0.25) is 0 Å². The third kappa shape index (κ3) is 2.75. The average molecular weight is 370 g/mol. The number of nitrogens with zero attached hydrogens (tertiary/aromatic N) is 1. The molecule has 3 rings (SSSR count). The van der Waals surface area contributed by atoms with E-state index in [9.17, 15) is 4.79 Å². The number of thiazole rings is 1. The molecule has 0 saturated heterocycles. The SMILES string of the molecule is Cc1sc(-c2cc(Br)c3c(c2)OCCCO3)nc1C(=O)O. The number of hydrogen-bond donors (Lipinski definition) is 1. The molecule has 0 bridgehead atoms. The van der Waals surface area contributed by atoms with Crippen LogP contribution in [0.1, 0.15) is 21.8 Å². The van der Waals surface area contributed by atoms with Gasteiger partial charge in [-0.15, -0.1) is 11.3 Å². The van der Waals surface area contributed by atoms with Crippen LogP contribution in [0.15, 0.2) is 16.6 Å². The minimum Gasteiger partial charge on any atom is -0.489 e. The number of carboxylic acid groups (broad SMARTS) is 1. The first-order chi connectivity index (χ1) is 10.1. The van der Waals surface area contributed by atoms with Crippen LogP contribution in [0.25, 0.3) is 10.6 Å². The van der Waals surface area contributed by atoms with Crippen molar-refractivity contribution in [3.8, 4) is 22.1 Å². The van der Waals surface area contributed by atoms with Crippen LogP contribution in [0.5, 0.6) is 11.5 Å². The molecule has 0 saturated carbocycles. The molecule has 0 aliphatic carbocycles. The lowest BCUT2D eigenvalue weighted by molar-refractivity contribution is 0.0690. The van der Waals surface area contributed by atoms with Gasteiger partial charge in [0.2, 0.25) is 0 Å². The number of aromatic carboxylic acids is 1. The summed E-state index contributed by atoms with van der Waals surface area (Å²) in [5.41, 5.74) is 0.907. The van der Waals surface area contributed by atoms with E-state index in [4.69, 9.17) is 14.6 Å². The second-order valence-corrected chi connectivity index (χ2v) is 6.62. The number of fused-ring (bicyclic) bond motifs is 1. The first-order valence-electron chi connectivity index (χ1n) is 6.36. The monoisotopic (exact) mass is 369 g/mol. The van der Waals surface area contributed by atoms with Crippen LogP contribution >= 0.6 is 27.3 Å². The van der Waals surface area contributed by atoms with E-state index in [0.29, 0.717) is 34.6 Å². The molecular formula is C14H12BrNO4S. The Hall–Kier alpha value is -1.60. The molecule has 2 heterocycles. The fraction of sp³-hybridized carbons (Fsp3) is 0.286. The first kappa shape index (κ1) is 14.3. The second-order valence-electron chi connectivity index (χ2n) is 4.56. The second kappa shape index (κ2) is 5.65. The van der Waals surface area contributed by atoms with E-state index in [1.54, 1.807) is 6.92 Å². The molecule has 1 aromatic heterocycles. The van der Waals surface area contributed by atoms with Crippen molar-refractivity contribution in [2.75, 3.05) is 13.2 Å². The van der Waals surface area contributed by atoms with Crippen LogP contribution in [-0.4, -0.2) is 29.3 Å². The van der Waals surface area contributed by atoms with Crippen molar-refractivity contribution in [3.63, 3.8) is 0 Å². The number of aryl methyl sites for hydroxylation is 1. The van der Waals surface area contributed by atoms with Crippen LogP contribution in [0.2, 0.25) is 0 Å². The lowest BCUT2D eigenvalue weighted by Crippen LogP contribution is -1.98. The molecule has 0 atom stereocenters. The van der Waals surface area contributed by atoms with Gasteiger partial charge in [0.1, 0.15) is 5.01 Å². The van der Waals surface area contributed by atoms with E-state index in [2.05, 4.69) is 20.9 Å².